The van der Waals surface area contributed by atoms with Crippen molar-refractivity contribution in [3.63, 3.8) is 0 Å². The first-order chi connectivity index (χ1) is 7.61. The summed E-state index contributed by atoms with van der Waals surface area (Å²) in [6.07, 6.45) is 5.15. The van der Waals surface area contributed by atoms with E-state index in [0.717, 1.165) is 37.9 Å². The van der Waals surface area contributed by atoms with Gasteiger partial charge in [-0.25, -0.2) is 0 Å². The Morgan fingerprint density at radius 1 is 1.56 bits per heavy atom. The third-order valence-corrected chi connectivity index (χ3v) is 3.29. The third-order valence-electron chi connectivity index (χ3n) is 3.29. The lowest BCUT2D eigenvalue weighted by atomic mass is 9.97. The number of aryl methyl sites for hydroxylation is 1. The molecule has 1 N–H and O–H groups in total. The molecule has 0 unspecified atom stereocenters. The second-order valence-corrected chi connectivity index (χ2v) is 5.10. The fraction of sp³-hybridized carbons (Fsp3) is 0.833. The predicted octanol–water partition coefficient (Wildman–Crippen LogP) is 2.12. The monoisotopic (exact) mass is 224 g/mol. The minimum absolute atomic E-state index is 0.508. The summed E-state index contributed by atoms with van der Waals surface area (Å²) in [6, 6.07) is 0. The molecule has 2 atom stereocenters. The molecule has 4 heteroatoms. The van der Waals surface area contributed by atoms with Crippen molar-refractivity contribution in [2.75, 3.05) is 0 Å². The highest BCUT2D eigenvalue weighted by Crippen LogP contribution is 2.36. The van der Waals surface area contributed by atoms with Crippen molar-refractivity contribution in [2.24, 2.45) is 5.92 Å². The maximum atomic E-state index is 10.3. The van der Waals surface area contributed by atoms with Crippen LogP contribution in [0.1, 0.15) is 51.2 Å². The Balaban J connectivity index is 1.97. The molecule has 0 amide bonds. The number of aromatic nitrogens is 2. The molecule has 1 saturated carbocycles. The molecule has 1 aromatic rings. The number of hydrogen-bond acceptors (Lipinski definition) is 4. The van der Waals surface area contributed by atoms with Gasteiger partial charge >= 0.3 is 0 Å². The molecule has 16 heavy (non-hydrogen) atoms. The highest BCUT2D eigenvalue weighted by Gasteiger charge is 2.36. The first-order valence-electron chi connectivity index (χ1n) is 6.15. The zero-order valence-electron chi connectivity index (χ0n) is 10.1. The van der Waals surface area contributed by atoms with E-state index in [1.807, 2.05) is 0 Å². The van der Waals surface area contributed by atoms with Gasteiger partial charge in [-0.1, -0.05) is 19.0 Å². The van der Waals surface area contributed by atoms with Crippen molar-refractivity contribution in [1.82, 2.24) is 10.1 Å². The van der Waals surface area contributed by atoms with E-state index in [-0.39, 0.29) is 0 Å². The Labute approximate surface area is 96.1 Å². The van der Waals surface area contributed by atoms with Crippen LogP contribution in [0.2, 0.25) is 0 Å². The average Bonchev–Trinajstić information content (AvgIpc) is 2.75. The SMILES string of the molecule is CCCc1noc(C[C@@]2(O)CC[C@@H](C)C2)n1. The van der Waals surface area contributed by atoms with Crippen LogP contribution >= 0.6 is 0 Å². The smallest absolute Gasteiger partial charge is 0.229 e. The quantitative estimate of drug-likeness (QED) is 0.851. The minimum atomic E-state index is -0.616. The highest BCUT2D eigenvalue weighted by molar-refractivity contribution is 4.97. The van der Waals surface area contributed by atoms with Crippen LogP contribution in [0.4, 0.5) is 0 Å². The first kappa shape index (κ1) is 11.6. The van der Waals surface area contributed by atoms with E-state index in [9.17, 15) is 5.11 Å². The van der Waals surface area contributed by atoms with Gasteiger partial charge in [0.1, 0.15) is 0 Å². The van der Waals surface area contributed by atoms with Crippen LogP contribution in [0.3, 0.4) is 0 Å². The van der Waals surface area contributed by atoms with E-state index >= 15 is 0 Å². The molecule has 2 rings (SSSR count). The van der Waals surface area contributed by atoms with Gasteiger partial charge in [0.25, 0.3) is 0 Å². The normalized spacial score (nSPS) is 29.8. The molecule has 0 saturated heterocycles. The fourth-order valence-corrected chi connectivity index (χ4v) is 2.50. The van der Waals surface area contributed by atoms with Gasteiger partial charge in [-0.15, -0.1) is 0 Å². The Hall–Kier alpha value is -0.900. The standard InChI is InChI=1S/C12H20N2O2/c1-3-4-10-13-11(16-14-10)8-12(15)6-5-9(2)7-12/h9,15H,3-8H2,1-2H3/t9-,12-/m1/s1. The molecule has 0 radical (unpaired) electrons. The second kappa shape index (κ2) is 4.53. The summed E-state index contributed by atoms with van der Waals surface area (Å²) in [6.45, 7) is 4.26. The van der Waals surface area contributed by atoms with Gasteiger partial charge < -0.3 is 9.63 Å². The van der Waals surface area contributed by atoms with E-state index in [1.54, 1.807) is 0 Å². The molecule has 0 bridgehead atoms. The van der Waals surface area contributed by atoms with E-state index in [0.29, 0.717) is 18.2 Å². The van der Waals surface area contributed by atoms with Crippen molar-refractivity contribution in [3.05, 3.63) is 11.7 Å². The Kier molecular flexibility index (Phi) is 3.28. The number of nitrogens with zero attached hydrogens (tertiary/aromatic N) is 2. The van der Waals surface area contributed by atoms with Gasteiger partial charge in [-0.2, -0.15) is 4.98 Å². The third kappa shape index (κ3) is 2.61. The topological polar surface area (TPSA) is 59.2 Å². The molecule has 1 fully saturated rings. The molecule has 1 aliphatic carbocycles. The average molecular weight is 224 g/mol. The van der Waals surface area contributed by atoms with E-state index in [2.05, 4.69) is 24.0 Å². The number of rotatable bonds is 4. The minimum Gasteiger partial charge on any atom is -0.389 e. The molecule has 90 valence electrons. The second-order valence-electron chi connectivity index (χ2n) is 5.10. The van der Waals surface area contributed by atoms with E-state index < -0.39 is 5.60 Å². The molecule has 1 aliphatic rings. The van der Waals surface area contributed by atoms with Crippen LogP contribution in [0.25, 0.3) is 0 Å². The molecular weight excluding hydrogens is 204 g/mol. The molecule has 0 aliphatic heterocycles. The summed E-state index contributed by atoms with van der Waals surface area (Å²) >= 11 is 0. The molecule has 0 spiro atoms. The molecule has 1 heterocycles. The zero-order chi connectivity index (χ0) is 11.6. The van der Waals surface area contributed by atoms with Crippen molar-refractivity contribution in [1.29, 1.82) is 0 Å². The van der Waals surface area contributed by atoms with Crippen LogP contribution < -0.4 is 0 Å². The maximum absolute atomic E-state index is 10.3. The van der Waals surface area contributed by atoms with Crippen LogP contribution in [0, 0.1) is 5.92 Å². The summed E-state index contributed by atoms with van der Waals surface area (Å²) in [7, 11) is 0. The fourth-order valence-electron chi connectivity index (χ4n) is 2.50. The lowest BCUT2D eigenvalue weighted by Crippen LogP contribution is -2.27. The Morgan fingerprint density at radius 2 is 2.38 bits per heavy atom. The molecule has 0 aromatic carbocycles. The Bertz CT molecular complexity index is 351. The van der Waals surface area contributed by atoms with Gasteiger partial charge in [0.15, 0.2) is 5.82 Å². The van der Waals surface area contributed by atoms with E-state index in [4.69, 9.17) is 4.52 Å². The largest absolute Gasteiger partial charge is 0.389 e. The lowest BCUT2D eigenvalue weighted by molar-refractivity contribution is 0.0368. The lowest BCUT2D eigenvalue weighted by Gasteiger charge is -2.19. The number of aliphatic hydroxyl groups is 1. The van der Waals surface area contributed by atoms with Crippen LogP contribution in [-0.4, -0.2) is 20.8 Å². The zero-order valence-corrected chi connectivity index (χ0v) is 10.1. The predicted molar refractivity (Wildman–Crippen MR) is 60.0 cm³/mol. The van der Waals surface area contributed by atoms with Crippen molar-refractivity contribution in [2.45, 2.75) is 58.0 Å². The van der Waals surface area contributed by atoms with E-state index in [1.165, 1.54) is 0 Å². The number of hydrogen-bond donors (Lipinski definition) is 1. The molecule has 1 aromatic heterocycles. The van der Waals surface area contributed by atoms with Crippen molar-refractivity contribution < 1.29 is 9.63 Å². The van der Waals surface area contributed by atoms with Gasteiger partial charge in [-0.3, -0.25) is 0 Å². The van der Waals surface area contributed by atoms with Gasteiger partial charge in [0, 0.05) is 6.42 Å². The molecular formula is C12H20N2O2. The van der Waals surface area contributed by atoms with Crippen molar-refractivity contribution >= 4 is 0 Å². The van der Waals surface area contributed by atoms with Gasteiger partial charge in [0.05, 0.1) is 12.0 Å². The molecule has 4 nitrogen and oxygen atoms in total. The summed E-state index contributed by atoms with van der Waals surface area (Å²) in [5, 5.41) is 14.2. The van der Waals surface area contributed by atoms with Crippen LogP contribution in [0.15, 0.2) is 4.52 Å². The Morgan fingerprint density at radius 3 is 3.00 bits per heavy atom. The summed E-state index contributed by atoms with van der Waals surface area (Å²) in [4.78, 5) is 4.30. The highest BCUT2D eigenvalue weighted by atomic mass is 16.5. The first-order valence-corrected chi connectivity index (χ1v) is 6.15. The van der Waals surface area contributed by atoms with Crippen molar-refractivity contribution in [3.8, 4) is 0 Å². The van der Waals surface area contributed by atoms with Gasteiger partial charge in [-0.05, 0) is 31.6 Å². The van der Waals surface area contributed by atoms with Crippen LogP contribution in [-0.2, 0) is 12.8 Å². The summed E-state index contributed by atoms with van der Waals surface area (Å²) in [5.74, 6) is 1.94. The maximum Gasteiger partial charge on any atom is 0.229 e. The van der Waals surface area contributed by atoms with Crippen LogP contribution in [0.5, 0.6) is 0 Å². The van der Waals surface area contributed by atoms with Gasteiger partial charge in [0.2, 0.25) is 5.89 Å². The summed E-state index contributed by atoms with van der Waals surface area (Å²) < 4.78 is 5.16. The summed E-state index contributed by atoms with van der Waals surface area (Å²) in [5.41, 5.74) is -0.616.